The van der Waals surface area contributed by atoms with E-state index >= 15 is 0 Å². The van der Waals surface area contributed by atoms with Crippen molar-refractivity contribution in [3.8, 4) is 0 Å². The molecule has 1 aromatic heterocycles. The van der Waals surface area contributed by atoms with Gasteiger partial charge in [0, 0.05) is 57.9 Å². The Labute approximate surface area is 147 Å². The Morgan fingerprint density at radius 1 is 1.08 bits per heavy atom. The molecule has 0 N–H and O–H groups in total. The lowest BCUT2D eigenvalue weighted by atomic mass is 10.2. The fourth-order valence-corrected chi connectivity index (χ4v) is 2.99. The van der Waals surface area contributed by atoms with Crippen molar-refractivity contribution < 1.29 is 9.18 Å². The second kappa shape index (κ2) is 7.96. The number of rotatable bonds is 4. The number of carbonyl (C=O) groups excluding carboxylic acids is 1. The Morgan fingerprint density at radius 3 is 2.36 bits per heavy atom. The minimum atomic E-state index is -0.228. The van der Waals surface area contributed by atoms with Crippen molar-refractivity contribution in [1.82, 2.24) is 14.8 Å². The monoisotopic (exact) mass is 342 g/mol. The standard InChI is InChI=1S/C19H23FN4O/c1-22(11-8-16-6-9-21-10-7-16)19(25)24-14-12-23(13-15-24)18-4-2-17(20)3-5-18/h2-7,9-10H,8,11-15H2,1H3. The topological polar surface area (TPSA) is 39.7 Å². The minimum Gasteiger partial charge on any atom is -0.368 e. The first-order valence-electron chi connectivity index (χ1n) is 8.53. The zero-order valence-corrected chi connectivity index (χ0v) is 14.4. The number of urea groups is 1. The number of amides is 2. The fraction of sp³-hybridized carbons (Fsp3) is 0.368. The zero-order valence-electron chi connectivity index (χ0n) is 14.4. The van der Waals surface area contributed by atoms with Gasteiger partial charge in [-0.2, -0.15) is 0 Å². The molecular formula is C19H23FN4O. The number of hydrogen-bond acceptors (Lipinski definition) is 3. The summed E-state index contributed by atoms with van der Waals surface area (Å²) in [5.41, 5.74) is 2.18. The predicted octanol–water partition coefficient (Wildman–Crippen LogP) is 2.64. The van der Waals surface area contributed by atoms with Gasteiger partial charge in [-0.15, -0.1) is 0 Å². The molecule has 3 rings (SSSR count). The average molecular weight is 342 g/mol. The van der Waals surface area contributed by atoms with Crippen molar-refractivity contribution in [2.45, 2.75) is 6.42 Å². The molecule has 2 amide bonds. The first-order valence-corrected chi connectivity index (χ1v) is 8.53. The molecule has 1 saturated heterocycles. The van der Waals surface area contributed by atoms with Gasteiger partial charge in [-0.3, -0.25) is 4.98 Å². The summed E-state index contributed by atoms with van der Waals surface area (Å²) in [4.78, 5) is 22.4. The molecule has 0 unspecified atom stereocenters. The normalized spacial score (nSPS) is 14.5. The van der Waals surface area contributed by atoms with Crippen LogP contribution in [0.3, 0.4) is 0 Å². The number of likely N-dealkylation sites (N-methyl/N-ethyl adjacent to an activating group) is 1. The summed E-state index contributed by atoms with van der Waals surface area (Å²) >= 11 is 0. The van der Waals surface area contributed by atoms with E-state index in [1.165, 1.54) is 17.7 Å². The minimum absolute atomic E-state index is 0.0628. The highest BCUT2D eigenvalue weighted by atomic mass is 19.1. The van der Waals surface area contributed by atoms with Gasteiger partial charge >= 0.3 is 6.03 Å². The Morgan fingerprint density at radius 2 is 1.72 bits per heavy atom. The first kappa shape index (κ1) is 17.2. The summed E-state index contributed by atoms with van der Waals surface area (Å²) in [5.74, 6) is -0.228. The third-order valence-electron chi connectivity index (χ3n) is 4.55. The van der Waals surface area contributed by atoms with Gasteiger partial charge < -0.3 is 14.7 Å². The molecule has 0 bridgehead atoms. The maximum Gasteiger partial charge on any atom is 0.319 e. The van der Waals surface area contributed by atoms with E-state index in [0.29, 0.717) is 19.6 Å². The van der Waals surface area contributed by atoms with E-state index in [4.69, 9.17) is 0 Å². The SMILES string of the molecule is CN(CCc1ccncc1)C(=O)N1CCN(c2ccc(F)cc2)CC1. The number of piperazine rings is 1. The van der Waals surface area contributed by atoms with Crippen LogP contribution in [-0.4, -0.2) is 60.6 Å². The number of aromatic nitrogens is 1. The Kier molecular flexibility index (Phi) is 5.48. The van der Waals surface area contributed by atoms with Crippen molar-refractivity contribution in [2.75, 3.05) is 44.7 Å². The molecular weight excluding hydrogens is 319 g/mol. The maximum atomic E-state index is 13.0. The molecule has 0 aliphatic carbocycles. The lowest BCUT2D eigenvalue weighted by Crippen LogP contribution is -2.52. The van der Waals surface area contributed by atoms with E-state index in [1.54, 1.807) is 29.4 Å². The number of nitrogens with zero attached hydrogens (tertiary/aromatic N) is 4. The lowest BCUT2D eigenvalue weighted by Gasteiger charge is -2.37. The van der Waals surface area contributed by atoms with Gasteiger partial charge in [0.15, 0.2) is 0 Å². The number of benzene rings is 1. The van der Waals surface area contributed by atoms with E-state index in [2.05, 4.69) is 9.88 Å². The van der Waals surface area contributed by atoms with Crippen LogP contribution in [0.5, 0.6) is 0 Å². The van der Waals surface area contributed by atoms with Gasteiger partial charge in [0.1, 0.15) is 5.82 Å². The van der Waals surface area contributed by atoms with E-state index in [1.807, 2.05) is 24.1 Å². The van der Waals surface area contributed by atoms with Gasteiger partial charge in [-0.25, -0.2) is 9.18 Å². The maximum absolute atomic E-state index is 13.0. The second-order valence-corrected chi connectivity index (χ2v) is 6.26. The van der Waals surface area contributed by atoms with E-state index in [9.17, 15) is 9.18 Å². The van der Waals surface area contributed by atoms with Crippen molar-refractivity contribution in [2.24, 2.45) is 0 Å². The highest BCUT2D eigenvalue weighted by molar-refractivity contribution is 5.74. The highest BCUT2D eigenvalue weighted by Crippen LogP contribution is 2.17. The highest BCUT2D eigenvalue weighted by Gasteiger charge is 2.23. The van der Waals surface area contributed by atoms with E-state index in [0.717, 1.165) is 25.2 Å². The largest absolute Gasteiger partial charge is 0.368 e. The summed E-state index contributed by atoms with van der Waals surface area (Å²) in [7, 11) is 1.84. The summed E-state index contributed by atoms with van der Waals surface area (Å²) < 4.78 is 13.0. The van der Waals surface area contributed by atoms with Gasteiger partial charge in [-0.1, -0.05) is 0 Å². The van der Waals surface area contributed by atoms with Crippen molar-refractivity contribution >= 4 is 11.7 Å². The van der Waals surface area contributed by atoms with Crippen LogP contribution >= 0.6 is 0 Å². The summed E-state index contributed by atoms with van der Waals surface area (Å²) in [6.45, 7) is 3.55. The molecule has 0 radical (unpaired) electrons. The molecule has 0 saturated carbocycles. The lowest BCUT2D eigenvalue weighted by molar-refractivity contribution is 0.160. The number of halogens is 1. The molecule has 2 heterocycles. The van der Waals surface area contributed by atoms with Crippen LogP contribution in [0.4, 0.5) is 14.9 Å². The molecule has 2 aromatic rings. The summed E-state index contributed by atoms with van der Waals surface area (Å²) in [6.07, 6.45) is 4.36. The van der Waals surface area contributed by atoms with Gasteiger partial charge in [-0.05, 0) is 48.4 Å². The molecule has 1 fully saturated rings. The second-order valence-electron chi connectivity index (χ2n) is 6.26. The van der Waals surface area contributed by atoms with Gasteiger partial charge in [0.2, 0.25) is 0 Å². The van der Waals surface area contributed by atoms with Crippen LogP contribution in [0, 0.1) is 5.82 Å². The number of carbonyl (C=O) groups is 1. The quantitative estimate of drug-likeness (QED) is 0.858. The fourth-order valence-electron chi connectivity index (χ4n) is 2.99. The third-order valence-corrected chi connectivity index (χ3v) is 4.55. The molecule has 1 aromatic carbocycles. The zero-order chi connectivity index (χ0) is 17.6. The van der Waals surface area contributed by atoms with E-state index in [-0.39, 0.29) is 11.8 Å². The molecule has 5 nitrogen and oxygen atoms in total. The molecule has 1 aliphatic heterocycles. The molecule has 0 atom stereocenters. The molecule has 1 aliphatic rings. The number of pyridine rings is 1. The predicted molar refractivity (Wildman–Crippen MR) is 96.2 cm³/mol. The van der Waals surface area contributed by atoms with Crippen LogP contribution in [-0.2, 0) is 6.42 Å². The first-order chi connectivity index (χ1) is 12.1. The van der Waals surface area contributed by atoms with Crippen molar-refractivity contribution in [3.05, 3.63) is 60.2 Å². The average Bonchev–Trinajstić information content (AvgIpc) is 2.67. The van der Waals surface area contributed by atoms with Crippen LogP contribution < -0.4 is 4.90 Å². The van der Waals surface area contributed by atoms with Gasteiger partial charge in [0.05, 0.1) is 0 Å². The Hall–Kier alpha value is -2.63. The van der Waals surface area contributed by atoms with Gasteiger partial charge in [0.25, 0.3) is 0 Å². The number of hydrogen-bond donors (Lipinski definition) is 0. The summed E-state index contributed by atoms with van der Waals surface area (Å²) in [5, 5.41) is 0. The third kappa shape index (κ3) is 4.47. The Balaban J connectivity index is 1.48. The van der Waals surface area contributed by atoms with Crippen LogP contribution in [0.25, 0.3) is 0 Å². The van der Waals surface area contributed by atoms with Crippen molar-refractivity contribution in [1.29, 1.82) is 0 Å². The smallest absolute Gasteiger partial charge is 0.319 e. The van der Waals surface area contributed by atoms with Crippen LogP contribution in [0.2, 0.25) is 0 Å². The van der Waals surface area contributed by atoms with Crippen LogP contribution in [0.15, 0.2) is 48.8 Å². The van der Waals surface area contributed by atoms with Crippen LogP contribution in [0.1, 0.15) is 5.56 Å². The molecule has 6 heteroatoms. The van der Waals surface area contributed by atoms with E-state index < -0.39 is 0 Å². The Bertz CT molecular complexity index is 684. The number of anilines is 1. The summed E-state index contributed by atoms with van der Waals surface area (Å²) in [6, 6.07) is 10.5. The molecule has 132 valence electrons. The molecule has 25 heavy (non-hydrogen) atoms. The van der Waals surface area contributed by atoms with Crippen molar-refractivity contribution in [3.63, 3.8) is 0 Å². The molecule has 0 spiro atoms.